The van der Waals surface area contributed by atoms with Crippen molar-refractivity contribution >= 4 is 23.5 Å². The summed E-state index contributed by atoms with van der Waals surface area (Å²) in [6.07, 6.45) is 1.42. The summed E-state index contributed by atoms with van der Waals surface area (Å²) in [4.78, 5) is 23.2. The number of nitrogens with two attached hydrogens (primary N) is 1. The topological polar surface area (TPSA) is 129 Å². The molecule has 0 spiro atoms. The van der Waals surface area contributed by atoms with Crippen LogP contribution in [0, 0.1) is 17.0 Å². The van der Waals surface area contributed by atoms with Gasteiger partial charge < -0.3 is 15.2 Å². The van der Waals surface area contributed by atoms with Crippen LogP contribution in [0.1, 0.15) is 22.3 Å². The first-order valence-electron chi connectivity index (χ1n) is 10.1. The highest BCUT2D eigenvalue weighted by Gasteiger charge is 2.22. The van der Waals surface area contributed by atoms with Crippen LogP contribution < -0.4 is 20.6 Å². The summed E-state index contributed by atoms with van der Waals surface area (Å²) in [5.41, 5.74) is 11.5. The maximum absolute atomic E-state index is 12.1. The van der Waals surface area contributed by atoms with E-state index in [2.05, 4.69) is 10.5 Å². The Balaban J connectivity index is 1.74. The van der Waals surface area contributed by atoms with Crippen molar-refractivity contribution in [3.63, 3.8) is 0 Å². The van der Waals surface area contributed by atoms with E-state index in [4.69, 9.17) is 15.2 Å². The van der Waals surface area contributed by atoms with Gasteiger partial charge in [0.2, 0.25) is 11.7 Å². The van der Waals surface area contributed by atoms with E-state index < -0.39 is 4.92 Å². The first-order valence-corrected chi connectivity index (χ1v) is 10.1. The largest absolute Gasteiger partial charge is 0.493 e. The van der Waals surface area contributed by atoms with Gasteiger partial charge in [-0.15, -0.1) is 0 Å². The van der Waals surface area contributed by atoms with Gasteiger partial charge in [0.1, 0.15) is 6.61 Å². The summed E-state index contributed by atoms with van der Waals surface area (Å²) in [7, 11) is 1.40. The highest BCUT2D eigenvalue weighted by Crippen LogP contribution is 2.38. The number of nitrogens with one attached hydrogen (secondary N) is 1. The van der Waals surface area contributed by atoms with Crippen molar-refractivity contribution in [2.75, 3.05) is 12.8 Å². The molecule has 0 bridgehead atoms. The first-order chi connectivity index (χ1) is 15.9. The highest BCUT2D eigenvalue weighted by atomic mass is 16.6. The third-order valence-electron chi connectivity index (χ3n) is 4.85. The first kappa shape index (κ1) is 23.3. The van der Waals surface area contributed by atoms with Gasteiger partial charge in [-0.25, -0.2) is 5.43 Å². The van der Waals surface area contributed by atoms with Gasteiger partial charge in [0.15, 0.2) is 5.75 Å². The Bertz CT molecular complexity index is 1180. The zero-order chi connectivity index (χ0) is 23.8. The summed E-state index contributed by atoms with van der Waals surface area (Å²) < 4.78 is 11.1. The zero-order valence-electron chi connectivity index (χ0n) is 18.3. The van der Waals surface area contributed by atoms with E-state index in [1.54, 1.807) is 30.3 Å². The minimum atomic E-state index is -0.549. The number of anilines is 1. The Morgan fingerprint density at radius 1 is 1.18 bits per heavy atom. The van der Waals surface area contributed by atoms with Gasteiger partial charge in [-0.3, -0.25) is 14.9 Å². The molecule has 33 heavy (non-hydrogen) atoms. The number of hydrogen-bond acceptors (Lipinski definition) is 7. The Morgan fingerprint density at radius 2 is 1.91 bits per heavy atom. The molecular formula is C24H24N4O5. The van der Waals surface area contributed by atoms with Crippen LogP contribution in [0.2, 0.25) is 0 Å². The smallest absolute Gasteiger partial charge is 0.315 e. The molecule has 0 heterocycles. The molecule has 3 aromatic rings. The molecule has 9 nitrogen and oxygen atoms in total. The molecule has 0 radical (unpaired) electrons. The minimum absolute atomic E-state index is 0.0234. The quantitative estimate of drug-likeness (QED) is 0.222. The molecule has 0 saturated heterocycles. The van der Waals surface area contributed by atoms with Gasteiger partial charge in [-0.2, -0.15) is 5.10 Å². The third-order valence-corrected chi connectivity index (χ3v) is 4.85. The fourth-order valence-electron chi connectivity index (χ4n) is 3.08. The number of rotatable bonds is 9. The number of ether oxygens (including phenoxy) is 2. The van der Waals surface area contributed by atoms with E-state index in [9.17, 15) is 14.9 Å². The lowest BCUT2D eigenvalue weighted by Crippen LogP contribution is -2.19. The fraction of sp³-hybridized carbons (Fsp3) is 0.167. The van der Waals surface area contributed by atoms with Crippen LogP contribution in [-0.2, 0) is 17.8 Å². The van der Waals surface area contributed by atoms with Gasteiger partial charge in [-0.1, -0.05) is 36.4 Å². The molecule has 3 N–H and O–H groups in total. The number of nitro groups is 1. The zero-order valence-corrected chi connectivity index (χ0v) is 18.3. The molecule has 3 aromatic carbocycles. The van der Waals surface area contributed by atoms with Crippen LogP contribution in [-0.4, -0.2) is 24.2 Å². The Labute approximate surface area is 191 Å². The van der Waals surface area contributed by atoms with Gasteiger partial charge in [0.05, 0.1) is 24.7 Å². The van der Waals surface area contributed by atoms with Crippen LogP contribution in [0.4, 0.5) is 11.4 Å². The summed E-state index contributed by atoms with van der Waals surface area (Å²) in [5, 5.41) is 15.6. The number of nitro benzene ring substituents is 1. The number of nitrogens with zero attached hydrogens (tertiary/aromatic N) is 2. The van der Waals surface area contributed by atoms with Crippen molar-refractivity contribution in [2.24, 2.45) is 5.10 Å². The van der Waals surface area contributed by atoms with Crippen molar-refractivity contribution in [1.29, 1.82) is 0 Å². The molecular weight excluding hydrogens is 424 g/mol. The molecule has 0 aliphatic carbocycles. The predicted molar refractivity (Wildman–Crippen MR) is 125 cm³/mol. The number of hydrogen-bond donors (Lipinski definition) is 2. The van der Waals surface area contributed by atoms with Crippen LogP contribution in [0.5, 0.6) is 11.5 Å². The number of methoxy groups -OCH3 is 1. The van der Waals surface area contributed by atoms with E-state index >= 15 is 0 Å². The third kappa shape index (κ3) is 6.30. The van der Waals surface area contributed by atoms with Crippen molar-refractivity contribution < 1.29 is 19.2 Å². The van der Waals surface area contributed by atoms with Crippen molar-refractivity contribution in [2.45, 2.75) is 20.0 Å². The van der Waals surface area contributed by atoms with Crippen LogP contribution in [0.3, 0.4) is 0 Å². The standard InChI is InChI=1S/C24H24N4O5/c1-16-5-3-4-6-19(16)15-33-24-21(28(30)31)11-18(12-22(24)32-2)14-26-27-23(29)13-17-7-9-20(25)10-8-17/h3-12,14H,13,15,25H2,1-2H3,(H,27,29)/b26-14-. The second-order valence-electron chi connectivity index (χ2n) is 7.26. The Hall–Kier alpha value is -4.40. The number of aryl methyl sites for hydroxylation is 1. The molecule has 1 amide bonds. The molecule has 0 unspecified atom stereocenters. The van der Waals surface area contributed by atoms with Gasteiger partial charge in [0, 0.05) is 17.3 Å². The van der Waals surface area contributed by atoms with E-state index in [1.807, 2.05) is 31.2 Å². The summed E-state index contributed by atoms with van der Waals surface area (Å²) >= 11 is 0. The normalized spacial score (nSPS) is 10.7. The number of benzene rings is 3. The molecule has 0 saturated carbocycles. The number of carbonyl (C=O) groups is 1. The molecule has 0 aliphatic rings. The van der Waals surface area contributed by atoms with Crippen LogP contribution >= 0.6 is 0 Å². The second kappa shape index (κ2) is 10.8. The maximum Gasteiger partial charge on any atom is 0.315 e. The van der Waals surface area contributed by atoms with Gasteiger partial charge >= 0.3 is 5.69 Å². The van der Waals surface area contributed by atoms with Crippen molar-refractivity contribution in [1.82, 2.24) is 5.43 Å². The lowest BCUT2D eigenvalue weighted by molar-refractivity contribution is -0.386. The van der Waals surface area contributed by atoms with Crippen LogP contribution in [0.25, 0.3) is 0 Å². The molecule has 3 rings (SSSR count). The maximum atomic E-state index is 12.1. The van der Waals surface area contributed by atoms with E-state index in [0.717, 1.165) is 16.7 Å². The van der Waals surface area contributed by atoms with E-state index in [1.165, 1.54) is 19.4 Å². The molecule has 170 valence electrons. The van der Waals surface area contributed by atoms with Crippen molar-refractivity contribution in [3.8, 4) is 11.5 Å². The van der Waals surface area contributed by atoms with Crippen LogP contribution in [0.15, 0.2) is 65.8 Å². The summed E-state index contributed by atoms with van der Waals surface area (Å²) in [5.74, 6) is -0.126. The van der Waals surface area contributed by atoms with Crippen molar-refractivity contribution in [3.05, 3.63) is 93.0 Å². The number of nitrogen functional groups attached to an aromatic ring is 1. The average molecular weight is 448 g/mol. The van der Waals surface area contributed by atoms with Gasteiger partial charge in [0.25, 0.3) is 0 Å². The monoisotopic (exact) mass is 448 g/mol. The molecule has 9 heteroatoms. The minimum Gasteiger partial charge on any atom is -0.493 e. The second-order valence-corrected chi connectivity index (χ2v) is 7.26. The highest BCUT2D eigenvalue weighted by molar-refractivity contribution is 5.85. The number of amides is 1. The SMILES string of the molecule is COc1cc(/C=N\NC(=O)Cc2ccc(N)cc2)cc([N+](=O)[O-])c1OCc1ccccc1C. The lowest BCUT2D eigenvalue weighted by Gasteiger charge is -2.13. The average Bonchev–Trinajstić information content (AvgIpc) is 2.80. The molecule has 0 aliphatic heterocycles. The fourth-order valence-corrected chi connectivity index (χ4v) is 3.08. The van der Waals surface area contributed by atoms with E-state index in [0.29, 0.717) is 11.3 Å². The summed E-state index contributed by atoms with van der Waals surface area (Å²) in [6.45, 7) is 2.09. The molecule has 0 aromatic heterocycles. The number of carbonyl (C=O) groups excluding carboxylic acids is 1. The Kier molecular flexibility index (Phi) is 7.59. The van der Waals surface area contributed by atoms with E-state index in [-0.39, 0.29) is 36.1 Å². The lowest BCUT2D eigenvalue weighted by atomic mass is 10.1. The molecule has 0 atom stereocenters. The predicted octanol–water partition coefficient (Wildman–Crippen LogP) is 3.77. The summed E-state index contributed by atoms with van der Waals surface area (Å²) in [6, 6.07) is 17.4. The van der Waals surface area contributed by atoms with Gasteiger partial charge in [-0.05, 0) is 41.8 Å². The number of hydrazone groups is 1. The molecule has 0 fully saturated rings. The Morgan fingerprint density at radius 3 is 2.58 bits per heavy atom.